The van der Waals surface area contributed by atoms with Crippen LogP contribution in [0.15, 0.2) is 23.1 Å². The van der Waals surface area contributed by atoms with Gasteiger partial charge in [0.2, 0.25) is 0 Å². The minimum absolute atomic E-state index is 0.846. The maximum Gasteiger partial charge on any atom is 0.132 e. The summed E-state index contributed by atoms with van der Waals surface area (Å²) in [6.45, 7) is 2.17. The average Bonchev–Trinajstić information content (AvgIpc) is 2.05. The number of aryl methyl sites for hydroxylation is 1. The summed E-state index contributed by atoms with van der Waals surface area (Å²) >= 11 is 4.32. The van der Waals surface area contributed by atoms with Crippen LogP contribution in [0.4, 0.5) is 0 Å². The lowest BCUT2D eigenvalue weighted by Crippen LogP contribution is -1.87. The summed E-state index contributed by atoms with van der Waals surface area (Å²) in [5.74, 6) is 0.846. The van der Waals surface area contributed by atoms with Crippen molar-refractivity contribution in [2.24, 2.45) is 0 Å². The molecule has 0 saturated carbocycles. The topological polar surface area (TPSA) is 9.23 Å². The van der Waals surface area contributed by atoms with Gasteiger partial charge in [-0.1, -0.05) is 19.4 Å². The molecule has 2 heteroatoms. The smallest absolute Gasteiger partial charge is 0.132 e. The summed E-state index contributed by atoms with van der Waals surface area (Å²) in [6, 6.07) is 6.11. The molecule has 0 saturated heterocycles. The second-order valence-corrected chi connectivity index (χ2v) is 3.24. The first-order chi connectivity index (χ1) is 5.77. The molecule has 0 bridgehead atoms. The van der Waals surface area contributed by atoms with Crippen LogP contribution < -0.4 is 4.74 Å². The van der Waals surface area contributed by atoms with Crippen molar-refractivity contribution in [1.82, 2.24) is 0 Å². The Morgan fingerprint density at radius 3 is 2.67 bits per heavy atom. The van der Waals surface area contributed by atoms with Crippen LogP contribution in [-0.2, 0) is 6.42 Å². The Morgan fingerprint density at radius 2 is 2.17 bits per heavy atom. The van der Waals surface area contributed by atoms with Crippen LogP contribution in [0.1, 0.15) is 18.9 Å². The maximum atomic E-state index is 5.10. The molecule has 0 N–H and O–H groups in total. The van der Waals surface area contributed by atoms with E-state index in [-0.39, 0.29) is 0 Å². The fraction of sp³-hybridized carbons (Fsp3) is 0.400. The molecule has 0 amide bonds. The van der Waals surface area contributed by atoms with Gasteiger partial charge in [0.25, 0.3) is 0 Å². The molecule has 0 atom stereocenters. The Morgan fingerprint density at radius 1 is 1.42 bits per heavy atom. The number of ether oxygens (including phenoxy) is 1. The second-order valence-electron chi connectivity index (χ2n) is 2.76. The molecule has 0 aliphatic carbocycles. The van der Waals surface area contributed by atoms with Crippen molar-refractivity contribution in [2.45, 2.75) is 24.7 Å². The lowest BCUT2D eigenvalue weighted by Gasteiger charge is -2.05. The van der Waals surface area contributed by atoms with Crippen LogP contribution in [0, 0.1) is 0 Å². The zero-order valence-corrected chi connectivity index (χ0v) is 8.40. The molecule has 0 aliphatic rings. The van der Waals surface area contributed by atoms with Gasteiger partial charge in [-0.05, 0) is 24.1 Å². The summed E-state index contributed by atoms with van der Waals surface area (Å²) in [5, 5.41) is 0. The third-order valence-corrected chi connectivity index (χ3v) is 2.13. The molecule has 1 rings (SSSR count). The third-order valence-electron chi connectivity index (χ3n) is 1.78. The third kappa shape index (κ3) is 2.18. The van der Waals surface area contributed by atoms with E-state index in [0.29, 0.717) is 0 Å². The Balaban J connectivity index is 2.86. The fourth-order valence-electron chi connectivity index (χ4n) is 1.18. The van der Waals surface area contributed by atoms with E-state index in [2.05, 4.69) is 31.7 Å². The van der Waals surface area contributed by atoms with E-state index in [0.717, 1.165) is 17.1 Å². The van der Waals surface area contributed by atoms with Crippen LogP contribution in [0.2, 0.25) is 0 Å². The van der Waals surface area contributed by atoms with Crippen LogP contribution >= 0.6 is 12.6 Å². The zero-order valence-electron chi connectivity index (χ0n) is 7.50. The molecule has 1 aromatic rings. The quantitative estimate of drug-likeness (QED) is 0.707. The normalized spacial score (nSPS) is 9.92. The van der Waals surface area contributed by atoms with Crippen LogP contribution in [0.25, 0.3) is 0 Å². The van der Waals surface area contributed by atoms with E-state index >= 15 is 0 Å². The highest BCUT2D eigenvalue weighted by atomic mass is 32.1. The number of thiol groups is 1. The van der Waals surface area contributed by atoms with Gasteiger partial charge < -0.3 is 4.74 Å². The summed E-state index contributed by atoms with van der Waals surface area (Å²) in [6.07, 6.45) is 2.27. The molecule has 66 valence electrons. The van der Waals surface area contributed by atoms with Crippen molar-refractivity contribution in [3.05, 3.63) is 23.8 Å². The largest absolute Gasteiger partial charge is 0.496 e. The van der Waals surface area contributed by atoms with Gasteiger partial charge in [0.15, 0.2) is 0 Å². The van der Waals surface area contributed by atoms with Gasteiger partial charge in [-0.25, -0.2) is 0 Å². The van der Waals surface area contributed by atoms with Gasteiger partial charge in [-0.15, -0.1) is 12.6 Å². The van der Waals surface area contributed by atoms with E-state index in [4.69, 9.17) is 4.74 Å². The van der Waals surface area contributed by atoms with Crippen molar-refractivity contribution >= 4 is 12.6 Å². The maximum absolute atomic E-state index is 5.10. The van der Waals surface area contributed by atoms with Gasteiger partial charge in [0.1, 0.15) is 5.75 Å². The highest BCUT2D eigenvalue weighted by Gasteiger charge is 1.98. The minimum atomic E-state index is 0.846. The van der Waals surface area contributed by atoms with Crippen molar-refractivity contribution in [3.63, 3.8) is 0 Å². The standard InChI is InChI=1S/C10H14OS/c1-3-4-8-5-6-9(11-2)10(12)7-8/h5-7,12H,3-4H2,1-2H3. The van der Waals surface area contributed by atoms with Gasteiger partial charge in [0, 0.05) is 4.90 Å². The number of hydrogen-bond acceptors (Lipinski definition) is 2. The fourth-order valence-corrected chi connectivity index (χ4v) is 1.51. The zero-order chi connectivity index (χ0) is 8.97. The number of benzene rings is 1. The predicted octanol–water partition coefficient (Wildman–Crippen LogP) is 2.94. The van der Waals surface area contributed by atoms with Crippen molar-refractivity contribution in [2.75, 3.05) is 7.11 Å². The number of hydrogen-bond donors (Lipinski definition) is 1. The highest BCUT2D eigenvalue weighted by Crippen LogP contribution is 2.23. The first-order valence-electron chi connectivity index (χ1n) is 4.13. The van der Waals surface area contributed by atoms with Crippen molar-refractivity contribution < 1.29 is 4.74 Å². The summed E-state index contributed by atoms with van der Waals surface area (Å²) in [7, 11) is 1.66. The van der Waals surface area contributed by atoms with Gasteiger partial charge >= 0.3 is 0 Å². The van der Waals surface area contributed by atoms with Gasteiger partial charge in [-0.3, -0.25) is 0 Å². The summed E-state index contributed by atoms with van der Waals surface area (Å²) in [5.41, 5.74) is 1.32. The Hall–Kier alpha value is -0.630. The average molecular weight is 182 g/mol. The van der Waals surface area contributed by atoms with Gasteiger partial charge in [0.05, 0.1) is 7.11 Å². The number of rotatable bonds is 3. The molecule has 12 heavy (non-hydrogen) atoms. The lowest BCUT2D eigenvalue weighted by molar-refractivity contribution is 0.405. The highest BCUT2D eigenvalue weighted by molar-refractivity contribution is 7.80. The second kappa shape index (κ2) is 4.41. The molecule has 1 aromatic carbocycles. The van der Waals surface area contributed by atoms with Gasteiger partial charge in [-0.2, -0.15) is 0 Å². The Bertz CT molecular complexity index is 258. The first-order valence-corrected chi connectivity index (χ1v) is 4.58. The molecular weight excluding hydrogens is 168 g/mol. The van der Waals surface area contributed by atoms with Crippen molar-refractivity contribution in [3.8, 4) is 5.75 Å². The Kier molecular flexibility index (Phi) is 3.48. The lowest BCUT2D eigenvalue weighted by atomic mass is 10.1. The number of methoxy groups -OCH3 is 1. The monoisotopic (exact) mass is 182 g/mol. The molecule has 0 spiro atoms. The van der Waals surface area contributed by atoms with Crippen LogP contribution in [0.5, 0.6) is 5.75 Å². The molecule has 1 nitrogen and oxygen atoms in total. The molecule has 0 aromatic heterocycles. The molecule has 0 radical (unpaired) electrons. The molecule has 0 aliphatic heterocycles. The molecule has 0 fully saturated rings. The minimum Gasteiger partial charge on any atom is -0.496 e. The Labute approximate surface area is 79.2 Å². The van der Waals surface area contributed by atoms with E-state index < -0.39 is 0 Å². The first kappa shape index (κ1) is 9.46. The van der Waals surface area contributed by atoms with E-state index in [1.54, 1.807) is 7.11 Å². The molecular formula is C10H14OS. The summed E-state index contributed by atoms with van der Waals surface area (Å²) in [4.78, 5) is 0.920. The molecule has 0 unspecified atom stereocenters. The summed E-state index contributed by atoms with van der Waals surface area (Å²) < 4.78 is 5.10. The SMILES string of the molecule is CCCc1ccc(OC)c(S)c1. The van der Waals surface area contributed by atoms with E-state index in [1.165, 1.54) is 12.0 Å². The van der Waals surface area contributed by atoms with E-state index in [1.807, 2.05) is 6.07 Å². The van der Waals surface area contributed by atoms with E-state index in [9.17, 15) is 0 Å². The molecule has 0 heterocycles. The predicted molar refractivity (Wildman–Crippen MR) is 54.2 cm³/mol. The van der Waals surface area contributed by atoms with Crippen LogP contribution in [0.3, 0.4) is 0 Å². The van der Waals surface area contributed by atoms with Crippen molar-refractivity contribution in [1.29, 1.82) is 0 Å². The van der Waals surface area contributed by atoms with Crippen LogP contribution in [-0.4, -0.2) is 7.11 Å².